The molecular weight excluding hydrogens is 176 g/mol. The van der Waals surface area contributed by atoms with Gasteiger partial charge in [0, 0.05) is 0 Å². The fourth-order valence-electron chi connectivity index (χ4n) is 1.27. The molecule has 1 aromatic carbocycles. The minimum absolute atomic E-state index is 0.226. The zero-order chi connectivity index (χ0) is 10.4. The van der Waals surface area contributed by atoms with Crippen molar-refractivity contribution in [2.45, 2.75) is 32.8 Å². The van der Waals surface area contributed by atoms with E-state index in [0.29, 0.717) is 6.61 Å². The number of hydrogen-bond acceptors (Lipinski definition) is 2. The molecule has 0 aliphatic heterocycles. The molecule has 1 rings (SSSR count). The van der Waals surface area contributed by atoms with Gasteiger partial charge in [-0.2, -0.15) is 0 Å². The fraction of sp³-hybridized carbons (Fsp3) is 0.500. The Labute approximate surface area is 85.5 Å². The molecule has 2 nitrogen and oxygen atoms in total. The monoisotopic (exact) mass is 194 g/mol. The summed E-state index contributed by atoms with van der Waals surface area (Å²) in [5.41, 5.74) is 1.21. The quantitative estimate of drug-likeness (QED) is 0.730. The number of ether oxygens (including phenoxy) is 1. The molecule has 1 N–H and O–H groups in total. The summed E-state index contributed by atoms with van der Waals surface area (Å²) >= 11 is 0. The molecule has 0 fully saturated rings. The van der Waals surface area contributed by atoms with E-state index in [1.165, 1.54) is 5.56 Å². The third kappa shape index (κ3) is 4.28. The second-order valence-electron chi connectivity index (χ2n) is 3.66. The van der Waals surface area contributed by atoms with Crippen LogP contribution in [0.15, 0.2) is 24.3 Å². The first kappa shape index (κ1) is 11.1. The Bertz CT molecular complexity index is 269. The molecule has 78 valence electrons. The molecule has 0 aromatic heterocycles. The summed E-state index contributed by atoms with van der Waals surface area (Å²) in [5, 5.41) is 9.04. The Hall–Kier alpha value is -1.02. The summed E-state index contributed by atoms with van der Waals surface area (Å²) < 4.78 is 5.53. The van der Waals surface area contributed by atoms with Gasteiger partial charge in [0.15, 0.2) is 0 Å². The normalized spacial score (nSPS) is 12.5. The van der Waals surface area contributed by atoms with Crippen LogP contribution in [0.25, 0.3) is 0 Å². The second-order valence-corrected chi connectivity index (χ2v) is 3.66. The molecule has 0 radical (unpaired) electrons. The number of rotatable bonds is 5. The van der Waals surface area contributed by atoms with E-state index in [9.17, 15) is 0 Å². The first-order chi connectivity index (χ1) is 6.68. The van der Waals surface area contributed by atoms with Crippen LogP contribution >= 0.6 is 0 Å². The highest BCUT2D eigenvalue weighted by atomic mass is 16.5. The van der Waals surface area contributed by atoms with Gasteiger partial charge in [0.2, 0.25) is 0 Å². The molecular formula is C12H18O2. The van der Waals surface area contributed by atoms with Gasteiger partial charge in [-0.15, -0.1) is 0 Å². The number of hydrogen-bond donors (Lipinski definition) is 1. The third-order valence-corrected chi connectivity index (χ3v) is 2.02. The minimum atomic E-state index is -0.226. The number of aliphatic hydroxyl groups excluding tert-OH is 1. The summed E-state index contributed by atoms with van der Waals surface area (Å²) in [5.74, 6) is 0.913. The molecule has 0 spiro atoms. The SMILES string of the molecule is Cc1cccc(OCCCC(C)O)c1. The van der Waals surface area contributed by atoms with Gasteiger partial charge in [0.25, 0.3) is 0 Å². The van der Waals surface area contributed by atoms with E-state index >= 15 is 0 Å². The Morgan fingerprint density at radius 2 is 2.21 bits per heavy atom. The number of benzene rings is 1. The lowest BCUT2D eigenvalue weighted by Crippen LogP contribution is -2.04. The molecule has 0 bridgehead atoms. The van der Waals surface area contributed by atoms with Gasteiger partial charge in [-0.1, -0.05) is 12.1 Å². The largest absolute Gasteiger partial charge is 0.494 e. The Balaban J connectivity index is 2.25. The molecule has 0 saturated carbocycles. The van der Waals surface area contributed by atoms with Crippen LogP contribution in [0.2, 0.25) is 0 Å². The van der Waals surface area contributed by atoms with Gasteiger partial charge in [-0.05, 0) is 44.4 Å². The standard InChI is InChI=1S/C12H18O2/c1-10-5-3-7-12(9-10)14-8-4-6-11(2)13/h3,5,7,9,11,13H,4,6,8H2,1-2H3. The zero-order valence-corrected chi connectivity index (χ0v) is 8.86. The highest BCUT2D eigenvalue weighted by molar-refractivity contribution is 5.27. The van der Waals surface area contributed by atoms with E-state index in [0.717, 1.165) is 18.6 Å². The van der Waals surface area contributed by atoms with Gasteiger partial charge >= 0.3 is 0 Å². The molecule has 0 aliphatic rings. The van der Waals surface area contributed by atoms with Crippen molar-refractivity contribution in [3.63, 3.8) is 0 Å². The third-order valence-electron chi connectivity index (χ3n) is 2.02. The molecule has 2 heteroatoms. The van der Waals surface area contributed by atoms with Crippen molar-refractivity contribution in [1.29, 1.82) is 0 Å². The van der Waals surface area contributed by atoms with Crippen molar-refractivity contribution in [2.75, 3.05) is 6.61 Å². The molecule has 1 atom stereocenters. The van der Waals surface area contributed by atoms with Gasteiger partial charge < -0.3 is 9.84 Å². The lowest BCUT2D eigenvalue weighted by atomic mass is 10.2. The first-order valence-corrected chi connectivity index (χ1v) is 5.06. The Kier molecular flexibility index (Phi) is 4.47. The van der Waals surface area contributed by atoms with Crippen LogP contribution in [0.3, 0.4) is 0 Å². The molecule has 1 unspecified atom stereocenters. The number of aryl methyl sites for hydroxylation is 1. The van der Waals surface area contributed by atoms with E-state index in [1.807, 2.05) is 31.2 Å². The lowest BCUT2D eigenvalue weighted by molar-refractivity contribution is 0.170. The maximum Gasteiger partial charge on any atom is 0.119 e. The van der Waals surface area contributed by atoms with Crippen molar-refractivity contribution >= 4 is 0 Å². The van der Waals surface area contributed by atoms with Crippen molar-refractivity contribution in [3.05, 3.63) is 29.8 Å². The Morgan fingerprint density at radius 3 is 2.86 bits per heavy atom. The topological polar surface area (TPSA) is 29.5 Å². The summed E-state index contributed by atoms with van der Waals surface area (Å²) in [7, 11) is 0. The summed E-state index contributed by atoms with van der Waals surface area (Å²) in [4.78, 5) is 0. The maximum atomic E-state index is 9.04. The van der Waals surface area contributed by atoms with Gasteiger partial charge in [-0.25, -0.2) is 0 Å². The average Bonchev–Trinajstić information content (AvgIpc) is 2.12. The van der Waals surface area contributed by atoms with Crippen LogP contribution < -0.4 is 4.74 Å². The van der Waals surface area contributed by atoms with Crippen LogP contribution in [0, 0.1) is 6.92 Å². The summed E-state index contributed by atoms with van der Waals surface area (Å²) in [6.07, 6.45) is 1.47. The lowest BCUT2D eigenvalue weighted by Gasteiger charge is -2.07. The molecule has 0 amide bonds. The van der Waals surface area contributed by atoms with E-state index in [1.54, 1.807) is 6.92 Å². The average molecular weight is 194 g/mol. The van der Waals surface area contributed by atoms with Crippen LogP contribution in [-0.4, -0.2) is 17.8 Å². The summed E-state index contributed by atoms with van der Waals surface area (Å²) in [6.45, 7) is 4.52. The molecule has 0 heterocycles. The molecule has 0 saturated heterocycles. The van der Waals surface area contributed by atoms with Crippen molar-refractivity contribution in [1.82, 2.24) is 0 Å². The van der Waals surface area contributed by atoms with E-state index in [4.69, 9.17) is 9.84 Å². The first-order valence-electron chi connectivity index (χ1n) is 5.06. The van der Waals surface area contributed by atoms with Crippen LogP contribution in [0.5, 0.6) is 5.75 Å². The van der Waals surface area contributed by atoms with E-state index in [-0.39, 0.29) is 6.10 Å². The minimum Gasteiger partial charge on any atom is -0.494 e. The van der Waals surface area contributed by atoms with Crippen LogP contribution in [-0.2, 0) is 0 Å². The highest BCUT2D eigenvalue weighted by Crippen LogP contribution is 2.12. The van der Waals surface area contributed by atoms with Gasteiger partial charge in [0.05, 0.1) is 12.7 Å². The van der Waals surface area contributed by atoms with Crippen LogP contribution in [0.1, 0.15) is 25.3 Å². The van der Waals surface area contributed by atoms with Crippen LogP contribution in [0.4, 0.5) is 0 Å². The Morgan fingerprint density at radius 1 is 1.43 bits per heavy atom. The van der Waals surface area contributed by atoms with E-state index < -0.39 is 0 Å². The van der Waals surface area contributed by atoms with Gasteiger partial charge in [0.1, 0.15) is 5.75 Å². The highest BCUT2D eigenvalue weighted by Gasteiger charge is 1.97. The smallest absolute Gasteiger partial charge is 0.119 e. The summed E-state index contributed by atoms with van der Waals surface area (Å²) in [6, 6.07) is 8.00. The molecule has 14 heavy (non-hydrogen) atoms. The fourth-order valence-corrected chi connectivity index (χ4v) is 1.27. The second kappa shape index (κ2) is 5.66. The van der Waals surface area contributed by atoms with Gasteiger partial charge in [-0.3, -0.25) is 0 Å². The number of aliphatic hydroxyl groups is 1. The zero-order valence-electron chi connectivity index (χ0n) is 8.86. The van der Waals surface area contributed by atoms with Crippen molar-refractivity contribution in [3.8, 4) is 5.75 Å². The predicted octanol–water partition coefficient (Wildman–Crippen LogP) is 2.53. The molecule has 1 aromatic rings. The predicted molar refractivity (Wildman–Crippen MR) is 57.6 cm³/mol. The maximum absolute atomic E-state index is 9.04. The van der Waals surface area contributed by atoms with Crippen molar-refractivity contribution < 1.29 is 9.84 Å². The molecule has 0 aliphatic carbocycles. The van der Waals surface area contributed by atoms with Crippen molar-refractivity contribution in [2.24, 2.45) is 0 Å². The van der Waals surface area contributed by atoms with E-state index in [2.05, 4.69) is 0 Å².